The fourth-order valence-corrected chi connectivity index (χ4v) is 1.93. The molecular formula is C14H15FN2O2. The Kier molecular flexibility index (Phi) is 3.64. The molecule has 100 valence electrons. The van der Waals surface area contributed by atoms with Crippen molar-refractivity contribution < 1.29 is 14.3 Å². The summed E-state index contributed by atoms with van der Waals surface area (Å²) in [5, 5.41) is 12.9. The minimum Gasteiger partial charge on any atom is -0.480 e. The Hall–Kier alpha value is -2.17. The van der Waals surface area contributed by atoms with Crippen LogP contribution in [0.4, 0.5) is 10.1 Å². The number of halogens is 1. The molecule has 0 aliphatic heterocycles. The summed E-state index contributed by atoms with van der Waals surface area (Å²) in [6.07, 6.45) is 1.53. The van der Waals surface area contributed by atoms with E-state index in [1.54, 1.807) is 12.1 Å². The van der Waals surface area contributed by atoms with E-state index < -0.39 is 12.0 Å². The molecule has 2 rings (SSSR count). The monoisotopic (exact) mass is 262 g/mol. The highest BCUT2D eigenvalue weighted by Crippen LogP contribution is 2.24. The zero-order valence-corrected chi connectivity index (χ0v) is 10.7. The van der Waals surface area contributed by atoms with E-state index in [1.165, 1.54) is 18.3 Å². The summed E-state index contributed by atoms with van der Waals surface area (Å²) in [4.78, 5) is 15.3. The van der Waals surface area contributed by atoms with E-state index in [-0.39, 0.29) is 11.7 Å². The van der Waals surface area contributed by atoms with Gasteiger partial charge in [-0.15, -0.1) is 0 Å². The largest absolute Gasteiger partial charge is 0.480 e. The Balaban J connectivity index is 2.42. The van der Waals surface area contributed by atoms with Gasteiger partial charge >= 0.3 is 5.97 Å². The molecule has 1 aromatic carbocycles. The molecule has 2 N–H and O–H groups in total. The van der Waals surface area contributed by atoms with Gasteiger partial charge in [0.05, 0.1) is 5.52 Å². The minimum absolute atomic E-state index is 0.0684. The summed E-state index contributed by atoms with van der Waals surface area (Å²) in [5.74, 6) is -1.35. The Morgan fingerprint density at radius 1 is 1.37 bits per heavy atom. The van der Waals surface area contributed by atoms with Gasteiger partial charge in [-0.2, -0.15) is 0 Å². The molecule has 1 aromatic heterocycles. The quantitative estimate of drug-likeness (QED) is 0.889. The normalized spacial score (nSPS) is 12.6. The van der Waals surface area contributed by atoms with Crippen LogP contribution in [0.5, 0.6) is 0 Å². The number of benzene rings is 1. The third kappa shape index (κ3) is 2.81. The van der Waals surface area contributed by atoms with Crippen LogP contribution in [0.15, 0.2) is 30.5 Å². The van der Waals surface area contributed by atoms with E-state index in [9.17, 15) is 14.3 Å². The molecule has 0 aliphatic rings. The van der Waals surface area contributed by atoms with E-state index in [4.69, 9.17) is 0 Å². The van der Waals surface area contributed by atoms with Gasteiger partial charge in [0.2, 0.25) is 0 Å². The number of hydrogen-bond acceptors (Lipinski definition) is 3. The number of pyridine rings is 1. The van der Waals surface area contributed by atoms with Crippen molar-refractivity contribution in [1.82, 2.24) is 4.98 Å². The third-order valence-electron chi connectivity index (χ3n) is 2.95. The maximum Gasteiger partial charge on any atom is 0.326 e. The number of nitrogens with one attached hydrogen (secondary N) is 1. The summed E-state index contributed by atoms with van der Waals surface area (Å²) in [6.45, 7) is 3.66. The van der Waals surface area contributed by atoms with Crippen LogP contribution >= 0.6 is 0 Å². The highest BCUT2D eigenvalue weighted by Gasteiger charge is 2.21. The number of carboxylic acids is 1. The van der Waals surface area contributed by atoms with Gasteiger partial charge in [-0.1, -0.05) is 13.8 Å². The molecule has 0 amide bonds. The standard InChI is InChI=1S/C14H15FN2O2/c1-8(2)13(14(18)19)17-11-5-6-16-12-7-9(15)3-4-10(11)12/h3-8,13H,1-2H3,(H,16,17)(H,18,19)/t13-/m1/s1. The lowest BCUT2D eigenvalue weighted by Gasteiger charge is -2.20. The van der Waals surface area contributed by atoms with Crippen molar-refractivity contribution >= 4 is 22.6 Å². The van der Waals surface area contributed by atoms with Gasteiger partial charge in [0.15, 0.2) is 0 Å². The van der Waals surface area contributed by atoms with Gasteiger partial charge in [-0.3, -0.25) is 4.98 Å². The van der Waals surface area contributed by atoms with E-state index in [0.717, 1.165) is 0 Å². The van der Waals surface area contributed by atoms with Crippen molar-refractivity contribution in [2.45, 2.75) is 19.9 Å². The number of aromatic nitrogens is 1. The van der Waals surface area contributed by atoms with Crippen molar-refractivity contribution in [3.63, 3.8) is 0 Å². The molecule has 1 atom stereocenters. The number of carbonyl (C=O) groups is 1. The number of nitrogens with zero attached hydrogens (tertiary/aromatic N) is 1. The number of hydrogen-bond donors (Lipinski definition) is 2. The van der Waals surface area contributed by atoms with Crippen molar-refractivity contribution in [2.24, 2.45) is 5.92 Å². The van der Waals surface area contributed by atoms with Crippen LogP contribution in [0.3, 0.4) is 0 Å². The van der Waals surface area contributed by atoms with Crippen LogP contribution in [-0.2, 0) is 4.79 Å². The number of rotatable bonds is 4. The smallest absolute Gasteiger partial charge is 0.326 e. The number of anilines is 1. The molecule has 5 heteroatoms. The molecule has 0 saturated heterocycles. The summed E-state index contributed by atoms with van der Waals surface area (Å²) in [6, 6.07) is 5.25. The lowest BCUT2D eigenvalue weighted by atomic mass is 10.0. The Morgan fingerprint density at radius 2 is 2.11 bits per heavy atom. The third-order valence-corrected chi connectivity index (χ3v) is 2.95. The molecule has 0 radical (unpaired) electrons. The molecule has 0 saturated carbocycles. The summed E-state index contributed by atoms with van der Waals surface area (Å²) < 4.78 is 13.1. The van der Waals surface area contributed by atoms with Gasteiger partial charge < -0.3 is 10.4 Å². The fourth-order valence-electron chi connectivity index (χ4n) is 1.93. The van der Waals surface area contributed by atoms with E-state index in [0.29, 0.717) is 16.6 Å². The van der Waals surface area contributed by atoms with Crippen molar-refractivity contribution in [2.75, 3.05) is 5.32 Å². The molecule has 0 fully saturated rings. The van der Waals surface area contributed by atoms with E-state index in [1.807, 2.05) is 13.8 Å². The van der Waals surface area contributed by atoms with Crippen LogP contribution in [0, 0.1) is 11.7 Å². The summed E-state index contributed by atoms with van der Waals surface area (Å²) >= 11 is 0. The first kappa shape index (κ1) is 13.3. The Labute approximate surface area is 110 Å². The predicted octanol–water partition coefficient (Wildman–Crippen LogP) is 2.90. The first-order valence-electron chi connectivity index (χ1n) is 6.02. The van der Waals surface area contributed by atoms with Crippen molar-refractivity contribution in [1.29, 1.82) is 0 Å². The lowest BCUT2D eigenvalue weighted by molar-refractivity contribution is -0.138. The molecule has 0 unspecified atom stereocenters. The molecule has 2 aromatic rings. The van der Waals surface area contributed by atoms with E-state index in [2.05, 4.69) is 10.3 Å². The summed E-state index contributed by atoms with van der Waals surface area (Å²) in [7, 11) is 0. The van der Waals surface area contributed by atoms with Crippen LogP contribution in [0.25, 0.3) is 10.9 Å². The minimum atomic E-state index is -0.915. The van der Waals surface area contributed by atoms with Gasteiger partial charge in [0, 0.05) is 23.3 Å². The van der Waals surface area contributed by atoms with Crippen LogP contribution < -0.4 is 5.32 Å². The molecule has 0 bridgehead atoms. The van der Waals surface area contributed by atoms with Crippen LogP contribution in [0.1, 0.15) is 13.8 Å². The molecule has 19 heavy (non-hydrogen) atoms. The zero-order valence-electron chi connectivity index (χ0n) is 10.7. The average molecular weight is 262 g/mol. The molecule has 0 aliphatic carbocycles. The van der Waals surface area contributed by atoms with Crippen molar-refractivity contribution in [3.8, 4) is 0 Å². The first-order valence-corrected chi connectivity index (χ1v) is 6.02. The molecule has 1 heterocycles. The van der Waals surface area contributed by atoms with Crippen LogP contribution in [-0.4, -0.2) is 22.1 Å². The number of fused-ring (bicyclic) bond motifs is 1. The maximum absolute atomic E-state index is 13.1. The lowest BCUT2D eigenvalue weighted by Crippen LogP contribution is -2.34. The second kappa shape index (κ2) is 5.22. The van der Waals surface area contributed by atoms with Gasteiger partial charge in [-0.25, -0.2) is 9.18 Å². The fraction of sp³-hybridized carbons (Fsp3) is 0.286. The van der Waals surface area contributed by atoms with Crippen molar-refractivity contribution in [3.05, 3.63) is 36.3 Å². The first-order chi connectivity index (χ1) is 8.99. The number of carboxylic acid groups (broad SMARTS) is 1. The van der Waals surface area contributed by atoms with Gasteiger partial charge in [0.1, 0.15) is 11.9 Å². The Morgan fingerprint density at radius 3 is 2.74 bits per heavy atom. The predicted molar refractivity (Wildman–Crippen MR) is 71.6 cm³/mol. The second-order valence-electron chi connectivity index (χ2n) is 4.72. The topological polar surface area (TPSA) is 62.2 Å². The highest BCUT2D eigenvalue weighted by atomic mass is 19.1. The van der Waals surface area contributed by atoms with E-state index >= 15 is 0 Å². The SMILES string of the molecule is CC(C)[C@@H](Nc1ccnc2cc(F)ccc12)C(=O)O. The zero-order chi connectivity index (χ0) is 14.0. The molecular weight excluding hydrogens is 247 g/mol. The molecule has 0 spiro atoms. The molecule has 4 nitrogen and oxygen atoms in total. The average Bonchev–Trinajstić information content (AvgIpc) is 2.34. The Bertz CT molecular complexity index is 613. The maximum atomic E-state index is 13.1. The van der Waals surface area contributed by atoms with Gasteiger partial charge in [0.25, 0.3) is 0 Å². The highest BCUT2D eigenvalue weighted by molar-refractivity contribution is 5.92. The summed E-state index contributed by atoms with van der Waals surface area (Å²) in [5.41, 5.74) is 1.14. The number of aliphatic carboxylic acids is 1. The second-order valence-corrected chi connectivity index (χ2v) is 4.72. The van der Waals surface area contributed by atoms with Crippen LogP contribution in [0.2, 0.25) is 0 Å². The van der Waals surface area contributed by atoms with Gasteiger partial charge in [-0.05, 0) is 24.1 Å².